The Kier molecular flexibility index (Phi) is 28.7. The molecule has 1 fully saturated rings. The average Bonchev–Trinajstić information content (AvgIpc) is 1.63. The topological polar surface area (TPSA) is 335 Å². The molecule has 0 saturated heterocycles. The highest BCUT2D eigenvalue weighted by Crippen LogP contribution is 2.49. The molecule has 4 aliphatic carbocycles. The highest BCUT2D eigenvalue weighted by atomic mass is 35.5. The zero-order chi connectivity index (χ0) is 80.1. The van der Waals surface area contributed by atoms with E-state index < -0.39 is 16.8 Å². The Bertz CT molecular complexity index is 5070. The number of amides is 5. The van der Waals surface area contributed by atoms with Crippen LogP contribution in [0.3, 0.4) is 0 Å². The van der Waals surface area contributed by atoms with Gasteiger partial charge in [0.05, 0.1) is 58.4 Å². The molecule has 30 heteroatoms. The quantitative estimate of drug-likeness (QED) is 0.0521. The third kappa shape index (κ3) is 24.3. The Labute approximate surface area is 678 Å². The van der Waals surface area contributed by atoms with Gasteiger partial charge in [-0.15, -0.1) is 79.4 Å². The molecule has 7 heterocycles. The van der Waals surface area contributed by atoms with Gasteiger partial charge < -0.3 is 52.3 Å². The van der Waals surface area contributed by atoms with Crippen molar-refractivity contribution < 1.29 is 47.8 Å². The molecule has 7 aromatic heterocycles. The number of nitrogens with two attached hydrogens (primary N) is 2. The van der Waals surface area contributed by atoms with Crippen LogP contribution >= 0.6 is 91.0 Å². The fraction of sp³-hybridized carbons (Fsp3) is 0.407. The summed E-state index contributed by atoms with van der Waals surface area (Å²) in [5.74, 6) is 0.145. The molecule has 0 radical (unpaired) electrons. The molecule has 0 spiro atoms. The number of para-hydroxylation sites is 4. The maximum absolute atomic E-state index is 12.2. The first-order chi connectivity index (χ1) is 52.6. The van der Waals surface area contributed by atoms with Crippen molar-refractivity contribution in [3.05, 3.63) is 133 Å². The van der Waals surface area contributed by atoms with E-state index in [2.05, 4.69) is 67.4 Å². The Morgan fingerprint density at radius 2 is 0.811 bits per heavy atom. The van der Waals surface area contributed by atoms with E-state index in [0.29, 0.717) is 19.3 Å². The fourth-order valence-corrected chi connectivity index (χ4v) is 20.9. The number of nitrogen functional groups attached to an aromatic ring is 1. The monoisotopic (exact) mass is 1650 g/mol. The van der Waals surface area contributed by atoms with Gasteiger partial charge in [-0.3, -0.25) is 19.2 Å². The first kappa shape index (κ1) is 84.6. The van der Waals surface area contributed by atoms with Gasteiger partial charge in [-0.2, -0.15) is 5.26 Å². The number of anilines is 3. The highest BCUT2D eigenvalue weighted by Gasteiger charge is 2.33. The summed E-state index contributed by atoms with van der Waals surface area (Å²) in [6.07, 6.45) is 9.62. The SMILES string of the molecule is CC(=O)Cl.CC(=O)Nc1sc2c(c1-c1nc3ccccc3s1)CCC(N)C2.CC(=O)Nc1sc2c(c1-c1nc3ccccc3s1)CCC(NC(=O)OC(C)(C)C)C2.CC(C)(C)OC(=O)NC1CCC(=O)CC1.CC(C)(C)OC(=O)NC1CCc2c(sc(N)c2-c2nc3ccccc3s2)C1.N#CCc1nc2ccccc2s1. The van der Waals surface area contributed by atoms with E-state index in [1.807, 2.05) is 141 Å². The number of ether oxygens (including phenoxy) is 3. The van der Waals surface area contributed by atoms with Gasteiger partial charge in [0.15, 0.2) is 0 Å². The molecule has 5 amide bonds. The van der Waals surface area contributed by atoms with Crippen molar-refractivity contribution in [3.8, 4) is 37.8 Å². The van der Waals surface area contributed by atoms with Crippen LogP contribution < -0.4 is 38.1 Å². The number of nitriles is 1. The lowest BCUT2D eigenvalue weighted by molar-refractivity contribution is -0.120. The van der Waals surface area contributed by atoms with E-state index in [0.717, 1.165) is 154 Å². The summed E-state index contributed by atoms with van der Waals surface area (Å²) in [5, 5.41) is 29.2. The number of rotatable bonds is 9. The van der Waals surface area contributed by atoms with Gasteiger partial charge in [0.25, 0.3) is 0 Å². The number of alkyl carbamates (subject to hydrolysis) is 3. The Morgan fingerprint density at radius 3 is 1.19 bits per heavy atom. The molecule has 15 rings (SSSR count). The third-order valence-corrected chi connectivity index (χ3v) is 24.9. The molecule has 22 nitrogen and oxygen atoms in total. The molecular weight excluding hydrogens is 1560 g/mol. The molecule has 3 atom stereocenters. The van der Waals surface area contributed by atoms with Crippen LogP contribution in [0.5, 0.6) is 0 Å². The second-order valence-electron chi connectivity index (χ2n) is 30.0. The van der Waals surface area contributed by atoms with Gasteiger partial charge in [-0.1, -0.05) is 48.5 Å². The number of ketones is 1. The molecule has 0 bridgehead atoms. The second-order valence-corrected chi connectivity index (χ2v) is 38.1. The van der Waals surface area contributed by atoms with Crippen molar-refractivity contribution in [2.45, 2.75) is 214 Å². The van der Waals surface area contributed by atoms with Crippen molar-refractivity contribution >= 4 is 188 Å². The number of hydrogen-bond acceptors (Lipinski definition) is 24. The van der Waals surface area contributed by atoms with Crippen LogP contribution in [0.4, 0.5) is 29.4 Å². The lowest BCUT2D eigenvalue weighted by Gasteiger charge is -2.26. The van der Waals surface area contributed by atoms with Crippen molar-refractivity contribution in [1.29, 1.82) is 5.26 Å². The standard InChI is InChI=1S/C22H25N3O3S2.C20H23N3O2S2.C17H17N3OS2.C11H19NO3.C9H6N2S.C2H3ClO/c1-12(26)23-19-18(20-25-15-7-5-6-8-16(15)29-20)14-10-9-13(11-17(14)30-19)24-21(27)28-22(2,3)4;1-20(2,3)25-19(24)22-11-8-9-12-15(10-11)26-17(21)16(12)18-23-13-6-4-5-7-14(13)27-18;1-9(21)19-16-15(11-7-6-10(18)8-14(11)23-16)17-20-12-4-2-3-5-13(12)22-17;1-11(2,3)15-10(14)12-8-4-6-9(13)7-5-8;10-6-5-9-11-7-3-1-2-4-8(7)12-9;1-2(3)4/h5-8,13H,9-11H2,1-4H3,(H,23,26)(H,24,27);4-7,11H,8-10,21H2,1-3H3,(H,22,24);2-5,10H,6-8,18H2,1H3,(H,19,21);8H,4-7H2,1-3H3,(H,12,14);1-4H,5H2;1H3. The van der Waals surface area contributed by atoms with E-state index in [1.165, 1.54) is 54.6 Å². The van der Waals surface area contributed by atoms with E-state index >= 15 is 0 Å². The van der Waals surface area contributed by atoms with Crippen LogP contribution in [-0.2, 0) is 78.3 Å². The molecule has 0 aliphatic heterocycles. The Hall–Kier alpha value is -8.83. The molecular formula is C81H93ClN12O10S7. The smallest absolute Gasteiger partial charge is 0.407 e. The van der Waals surface area contributed by atoms with Crippen molar-refractivity contribution in [3.63, 3.8) is 0 Å². The van der Waals surface area contributed by atoms with E-state index in [1.54, 1.807) is 86.3 Å². The lowest BCUT2D eigenvalue weighted by atomic mass is 9.92. The maximum atomic E-state index is 12.2. The summed E-state index contributed by atoms with van der Waals surface area (Å²) >= 11 is 16.1. The van der Waals surface area contributed by atoms with Gasteiger partial charge in [0, 0.05) is 102 Å². The number of nitrogens with one attached hydrogen (secondary N) is 5. The molecule has 11 aromatic rings. The van der Waals surface area contributed by atoms with Gasteiger partial charge >= 0.3 is 18.3 Å². The first-order valence-electron chi connectivity index (χ1n) is 36.6. The minimum Gasteiger partial charge on any atom is -0.444 e. The average molecular weight is 1650 g/mol. The second kappa shape index (κ2) is 37.7. The first-order valence-corrected chi connectivity index (χ1v) is 42.7. The summed E-state index contributed by atoms with van der Waals surface area (Å²) in [4.78, 5) is 102. The van der Waals surface area contributed by atoms with Crippen molar-refractivity contribution in [2.75, 3.05) is 16.4 Å². The summed E-state index contributed by atoms with van der Waals surface area (Å²) in [5.41, 5.74) is 22.1. The number of halogens is 1. The van der Waals surface area contributed by atoms with Crippen LogP contribution in [0, 0.1) is 11.3 Å². The Balaban J connectivity index is 0.000000150. The summed E-state index contributed by atoms with van der Waals surface area (Å²) < 4.78 is 20.5. The predicted molar refractivity (Wildman–Crippen MR) is 454 cm³/mol. The number of thiazole rings is 4. The maximum Gasteiger partial charge on any atom is 0.407 e. The van der Waals surface area contributed by atoms with Crippen LogP contribution in [-0.4, -0.2) is 102 Å². The number of fused-ring (bicyclic) bond motifs is 7. The number of Topliss-reactive ketones (excluding diaryl/α,β-unsaturated/α-hetero) is 1. The van der Waals surface area contributed by atoms with E-state index in [4.69, 9.17) is 45.9 Å². The van der Waals surface area contributed by atoms with Gasteiger partial charge in [-0.05, 0) is 197 Å². The van der Waals surface area contributed by atoms with Gasteiger partial charge in [0.1, 0.15) is 52.6 Å². The van der Waals surface area contributed by atoms with E-state index in [-0.39, 0.29) is 65.3 Å². The molecule has 9 N–H and O–H groups in total. The number of carbonyl (C=O) groups excluding carboxylic acids is 7. The van der Waals surface area contributed by atoms with Crippen LogP contribution in [0.15, 0.2) is 97.1 Å². The highest BCUT2D eigenvalue weighted by molar-refractivity contribution is 7.24. The minimum absolute atomic E-state index is 0.0133. The summed E-state index contributed by atoms with van der Waals surface area (Å²) in [6.45, 7) is 21.0. The molecule has 4 aliphatic rings. The zero-order valence-corrected chi connectivity index (χ0v) is 70.6. The summed E-state index contributed by atoms with van der Waals surface area (Å²) in [7, 11) is 0. The Morgan fingerprint density at radius 1 is 0.477 bits per heavy atom. The number of aromatic nitrogens is 4. The number of hydrogen-bond donors (Lipinski definition) is 7. The molecule has 1 saturated carbocycles. The molecule has 111 heavy (non-hydrogen) atoms. The van der Waals surface area contributed by atoms with Crippen LogP contribution in [0.2, 0.25) is 0 Å². The lowest BCUT2D eigenvalue weighted by Crippen LogP contribution is -2.41. The van der Waals surface area contributed by atoms with Crippen LogP contribution in [0.1, 0.15) is 164 Å². The minimum atomic E-state index is -0.522. The van der Waals surface area contributed by atoms with Crippen molar-refractivity contribution in [2.24, 2.45) is 5.73 Å². The molecule has 3 unspecified atom stereocenters. The fourth-order valence-electron chi connectivity index (χ4n) is 12.7. The molecule has 586 valence electrons. The van der Waals surface area contributed by atoms with Gasteiger partial charge in [-0.25, -0.2) is 34.3 Å². The third-order valence-electron chi connectivity index (χ3n) is 17.2. The predicted octanol–water partition coefficient (Wildman–Crippen LogP) is 19.3. The number of nitrogens with zero attached hydrogens (tertiary/aromatic N) is 5. The van der Waals surface area contributed by atoms with Crippen LogP contribution in [0.25, 0.3) is 72.6 Å². The number of benzene rings is 4. The van der Waals surface area contributed by atoms with Crippen molar-refractivity contribution in [1.82, 2.24) is 35.9 Å². The van der Waals surface area contributed by atoms with E-state index in [9.17, 15) is 33.6 Å². The molecule has 4 aromatic carbocycles. The number of carbonyl (C=O) groups is 7. The summed E-state index contributed by atoms with van der Waals surface area (Å²) in [6, 6.07) is 34.8. The van der Waals surface area contributed by atoms with Gasteiger partial charge in [0.2, 0.25) is 17.1 Å². The normalized spacial score (nSPS) is 15.9. The largest absolute Gasteiger partial charge is 0.444 e. The number of thiophene rings is 3. The zero-order valence-electron chi connectivity index (χ0n) is 64.2.